The highest BCUT2D eigenvalue weighted by Crippen LogP contribution is 2.35. The third-order valence-electron chi connectivity index (χ3n) is 11.0. The number of fused-ring (bicyclic) bond motifs is 6. The van der Waals surface area contributed by atoms with E-state index in [0.717, 1.165) is 70.8 Å². The number of nitrogens with zero attached hydrogens (tertiary/aromatic N) is 2. The van der Waals surface area contributed by atoms with Crippen molar-refractivity contribution in [2.75, 3.05) is 13.2 Å². The van der Waals surface area contributed by atoms with Crippen molar-refractivity contribution in [3.63, 3.8) is 0 Å². The summed E-state index contributed by atoms with van der Waals surface area (Å²) in [6, 6.07) is 56.4. The van der Waals surface area contributed by atoms with Crippen LogP contribution in [0.1, 0.15) is 61.8 Å². The lowest BCUT2D eigenvalue weighted by Crippen LogP contribution is -2.02. The van der Waals surface area contributed by atoms with Crippen molar-refractivity contribution in [3.8, 4) is 22.9 Å². The highest BCUT2D eigenvalue weighted by Gasteiger charge is 2.14. The molecule has 0 atom stereocenters. The maximum Gasteiger partial charge on any atom is 0.127 e. The molecule has 0 saturated carbocycles. The molecule has 0 N–H and O–H groups in total. The topological polar surface area (TPSA) is 28.3 Å². The molecule has 0 aliphatic carbocycles. The highest BCUT2D eigenvalue weighted by atomic mass is 16.5. The zero-order valence-corrected chi connectivity index (χ0v) is 33.3. The van der Waals surface area contributed by atoms with Crippen LogP contribution in [-0.2, 0) is 0 Å². The molecule has 0 spiro atoms. The average molecular weight is 757 g/mol. The summed E-state index contributed by atoms with van der Waals surface area (Å²) in [6.07, 6.45) is 12.8. The van der Waals surface area contributed by atoms with Crippen LogP contribution in [-0.4, -0.2) is 22.3 Å². The van der Waals surface area contributed by atoms with E-state index in [2.05, 4.69) is 205 Å². The summed E-state index contributed by atoms with van der Waals surface area (Å²) < 4.78 is 17.6. The molecule has 4 heteroatoms. The maximum atomic E-state index is 6.47. The van der Waals surface area contributed by atoms with Crippen LogP contribution in [0.5, 0.6) is 11.5 Å². The SMILES string of the molecule is CCCCOc1cc(C=Cc2ccc(-n3c4ccccc4c4ccccc43)cc2)c(OCCCC)cc1C=Cc1ccc(-n2c3ccccc3c3ccccc32)cc1. The predicted octanol–water partition coefficient (Wildman–Crippen LogP) is 14.6. The minimum atomic E-state index is 0.661. The number of rotatable bonds is 14. The van der Waals surface area contributed by atoms with Gasteiger partial charge in [-0.3, -0.25) is 0 Å². The molecular weight excluding hydrogens is 709 g/mol. The Morgan fingerprint density at radius 2 is 0.724 bits per heavy atom. The first-order chi connectivity index (χ1) is 28.7. The van der Waals surface area contributed by atoms with Gasteiger partial charge in [-0.15, -0.1) is 0 Å². The van der Waals surface area contributed by atoms with Crippen LogP contribution in [0.2, 0.25) is 0 Å². The van der Waals surface area contributed by atoms with Crippen molar-refractivity contribution in [2.24, 2.45) is 0 Å². The van der Waals surface area contributed by atoms with E-state index in [-0.39, 0.29) is 0 Å². The lowest BCUT2D eigenvalue weighted by atomic mass is 10.0. The van der Waals surface area contributed by atoms with Gasteiger partial charge in [-0.25, -0.2) is 0 Å². The van der Waals surface area contributed by atoms with E-state index in [1.807, 2.05) is 0 Å². The number of benzene rings is 7. The van der Waals surface area contributed by atoms with E-state index < -0.39 is 0 Å². The van der Waals surface area contributed by atoms with Crippen LogP contribution in [0.4, 0.5) is 0 Å². The number of aromatic nitrogens is 2. The zero-order chi connectivity index (χ0) is 39.3. The van der Waals surface area contributed by atoms with E-state index in [1.54, 1.807) is 0 Å². The number of hydrogen-bond donors (Lipinski definition) is 0. The van der Waals surface area contributed by atoms with Crippen LogP contribution < -0.4 is 9.47 Å². The van der Waals surface area contributed by atoms with E-state index in [4.69, 9.17) is 9.47 Å². The number of unbranched alkanes of at least 4 members (excludes halogenated alkanes) is 2. The molecule has 0 unspecified atom stereocenters. The Bertz CT molecular complexity index is 2600. The second-order valence-corrected chi connectivity index (χ2v) is 14.9. The molecule has 0 saturated heterocycles. The Balaban J connectivity index is 1.02. The van der Waals surface area contributed by atoms with E-state index in [1.165, 1.54) is 43.6 Å². The minimum absolute atomic E-state index is 0.661. The second-order valence-electron chi connectivity index (χ2n) is 14.9. The van der Waals surface area contributed by atoms with E-state index >= 15 is 0 Å². The summed E-state index contributed by atoms with van der Waals surface area (Å²) in [5, 5.41) is 5.06. The van der Waals surface area contributed by atoms with E-state index in [0.29, 0.717) is 13.2 Å². The molecule has 58 heavy (non-hydrogen) atoms. The Morgan fingerprint density at radius 3 is 1.05 bits per heavy atom. The van der Waals surface area contributed by atoms with Crippen molar-refractivity contribution in [1.82, 2.24) is 9.13 Å². The van der Waals surface area contributed by atoms with Gasteiger partial charge >= 0.3 is 0 Å². The molecule has 9 rings (SSSR count). The summed E-state index contributed by atoms with van der Waals surface area (Å²) in [6.45, 7) is 5.71. The van der Waals surface area contributed by atoms with Crippen LogP contribution >= 0.6 is 0 Å². The van der Waals surface area contributed by atoms with Gasteiger partial charge in [0.2, 0.25) is 0 Å². The summed E-state index contributed by atoms with van der Waals surface area (Å²) >= 11 is 0. The monoisotopic (exact) mass is 756 g/mol. The van der Waals surface area contributed by atoms with Crippen LogP contribution in [0.25, 0.3) is 79.3 Å². The fourth-order valence-corrected chi connectivity index (χ4v) is 8.00. The molecule has 0 bridgehead atoms. The average Bonchev–Trinajstić information content (AvgIpc) is 3.79. The standard InChI is InChI=1S/C54H48N2O2/c1-3-5-35-57-53-37-42(30-24-40-27-33-44(34-28-40)56-51-21-13-9-17-47(51)48-18-10-14-22-52(48)56)54(58-36-6-4-2)38-41(53)29-23-39-25-31-43(32-26-39)55-49-19-11-7-15-45(49)46-16-8-12-20-50(46)55/h7-34,37-38H,3-6,35-36H2,1-2H3. The molecule has 2 aromatic heterocycles. The fraction of sp³-hybridized carbons (Fsp3) is 0.148. The molecule has 286 valence electrons. The third-order valence-corrected chi connectivity index (χ3v) is 11.0. The van der Waals surface area contributed by atoms with Crippen molar-refractivity contribution >= 4 is 67.9 Å². The Kier molecular flexibility index (Phi) is 10.6. The lowest BCUT2D eigenvalue weighted by molar-refractivity contribution is 0.300. The fourth-order valence-electron chi connectivity index (χ4n) is 8.00. The first-order valence-corrected chi connectivity index (χ1v) is 20.7. The molecule has 0 fully saturated rings. The first kappa shape index (κ1) is 36.8. The van der Waals surface area contributed by atoms with Gasteiger partial charge < -0.3 is 18.6 Å². The van der Waals surface area contributed by atoms with Gasteiger partial charge in [0.25, 0.3) is 0 Å². The molecule has 0 radical (unpaired) electrons. The summed E-state index contributed by atoms with van der Waals surface area (Å²) in [4.78, 5) is 0. The quantitative estimate of drug-likeness (QED) is 0.0816. The molecule has 0 aliphatic rings. The minimum Gasteiger partial charge on any atom is -0.493 e. The molecule has 0 aliphatic heterocycles. The van der Waals surface area contributed by atoms with Gasteiger partial charge in [-0.2, -0.15) is 0 Å². The zero-order valence-electron chi connectivity index (χ0n) is 33.3. The van der Waals surface area contributed by atoms with Gasteiger partial charge in [0.15, 0.2) is 0 Å². The molecule has 9 aromatic rings. The smallest absolute Gasteiger partial charge is 0.127 e. The van der Waals surface area contributed by atoms with Crippen molar-refractivity contribution in [1.29, 1.82) is 0 Å². The predicted molar refractivity (Wildman–Crippen MR) is 247 cm³/mol. The first-order valence-electron chi connectivity index (χ1n) is 20.7. The highest BCUT2D eigenvalue weighted by molar-refractivity contribution is 6.10. The normalized spacial score (nSPS) is 11.9. The van der Waals surface area contributed by atoms with Gasteiger partial charge in [0, 0.05) is 44.0 Å². The van der Waals surface area contributed by atoms with E-state index in [9.17, 15) is 0 Å². The third kappa shape index (κ3) is 7.30. The lowest BCUT2D eigenvalue weighted by Gasteiger charge is -2.15. The summed E-state index contributed by atoms with van der Waals surface area (Å²) in [5.41, 5.74) is 11.4. The second kappa shape index (κ2) is 16.8. The summed E-state index contributed by atoms with van der Waals surface area (Å²) in [7, 11) is 0. The van der Waals surface area contributed by atoms with Gasteiger partial charge in [0.05, 0.1) is 35.3 Å². The number of hydrogen-bond acceptors (Lipinski definition) is 2. The Labute approximate surface area is 340 Å². The van der Waals surface area contributed by atoms with Crippen molar-refractivity contribution in [2.45, 2.75) is 39.5 Å². The van der Waals surface area contributed by atoms with Crippen molar-refractivity contribution in [3.05, 3.63) is 180 Å². The number of para-hydroxylation sites is 4. The maximum absolute atomic E-state index is 6.47. The largest absolute Gasteiger partial charge is 0.493 e. The molecule has 2 heterocycles. The molecular formula is C54H48N2O2. The van der Waals surface area contributed by atoms with Crippen LogP contribution in [0.3, 0.4) is 0 Å². The van der Waals surface area contributed by atoms with Crippen LogP contribution in [0.15, 0.2) is 158 Å². The Hall–Kier alpha value is -6.78. The van der Waals surface area contributed by atoms with Gasteiger partial charge in [-0.1, -0.05) is 148 Å². The molecule has 7 aromatic carbocycles. The van der Waals surface area contributed by atoms with Crippen molar-refractivity contribution < 1.29 is 9.47 Å². The Morgan fingerprint density at radius 1 is 0.397 bits per heavy atom. The number of ether oxygens (including phenoxy) is 2. The van der Waals surface area contributed by atoms with Crippen LogP contribution in [0, 0.1) is 0 Å². The summed E-state index contributed by atoms with van der Waals surface area (Å²) in [5.74, 6) is 1.71. The van der Waals surface area contributed by atoms with Gasteiger partial charge in [0.1, 0.15) is 11.5 Å². The molecule has 0 amide bonds. The molecule has 4 nitrogen and oxygen atoms in total. The van der Waals surface area contributed by atoms with Gasteiger partial charge in [-0.05, 0) is 84.6 Å².